The maximum atomic E-state index is 11.8. The third-order valence-corrected chi connectivity index (χ3v) is 15.0. The van der Waals surface area contributed by atoms with Crippen LogP contribution in [0.15, 0.2) is 11.1 Å². The van der Waals surface area contributed by atoms with Crippen LogP contribution >= 0.6 is 34.6 Å². The number of hydrogen-bond acceptors (Lipinski definition) is 14. The number of phosphoric acid groups is 1. The molecule has 2 aromatic heterocycles. The van der Waals surface area contributed by atoms with Crippen LogP contribution in [-0.4, -0.2) is 112 Å². The van der Waals surface area contributed by atoms with Crippen molar-refractivity contribution in [1.29, 1.82) is 0 Å². The van der Waals surface area contributed by atoms with E-state index in [4.69, 9.17) is 27.0 Å². The third-order valence-electron chi connectivity index (χ3n) is 8.61. The Bertz CT molecular complexity index is 1480. The number of H-pyrrole nitrogens is 1. The van der Waals surface area contributed by atoms with E-state index in [2.05, 4.69) is 86.1 Å². The fourth-order valence-corrected chi connectivity index (χ4v) is 9.06. The second-order valence-corrected chi connectivity index (χ2v) is 18.4. The van der Waals surface area contributed by atoms with E-state index in [-0.39, 0.29) is 23.5 Å². The van der Waals surface area contributed by atoms with Crippen molar-refractivity contribution in [3.63, 3.8) is 0 Å². The molecule has 8 N–H and O–H groups in total. The van der Waals surface area contributed by atoms with Gasteiger partial charge >= 0.3 is 0 Å². The minimum absolute atomic E-state index is 0.0225. The highest BCUT2D eigenvalue weighted by molar-refractivity contribution is 7.75. The molecule has 24 heteroatoms. The van der Waals surface area contributed by atoms with Crippen molar-refractivity contribution in [3.05, 3.63) is 16.7 Å². The van der Waals surface area contributed by atoms with Crippen LogP contribution < -0.4 is 40.7 Å². The summed E-state index contributed by atoms with van der Waals surface area (Å²) in [6.45, 7) is 30.5. The zero-order chi connectivity index (χ0) is 41.2. The van der Waals surface area contributed by atoms with Crippen LogP contribution in [0.4, 0.5) is 5.95 Å². The molecule has 0 aromatic carbocycles. The minimum atomic E-state index is -5.87. The molecule has 0 radical (unpaired) electrons. The highest BCUT2D eigenvalue weighted by Gasteiger charge is 2.38. The maximum absolute atomic E-state index is 11.8. The van der Waals surface area contributed by atoms with Crippen molar-refractivity contribution in [2.24, 2.45) is 0 Å². The Balaban J connectivity index is 0.00000105. The summed E-state index contributed by atoms with van der Waals surface area (Å²) in [5.41, 5.74) is 4.82. The molecule has 312 valence electrons. The molecule has 4 unspecified atom stereocenters. The summed E-state index contributed by atoms with van der Waals surface area (Å²) < 4.78 is 48.9. The van der Waals surface area contributed by atoms with Gasteiger partial charge in [0.05, 0.1) is 77.9 Å². The highest BCUT2D eigenvalue weighted by atomic mass is 35.5. The van der Waals surface area contributed by atoms with Gasteiger partial charge in [0.2, 0.25) is 5.95 Å². The van der Waals surface area contributed by atoms with Crippen LogP contribution in [0.2, 0.25) is 0 Å². The van der Waals surface area contributed by atoms with Crippen molar-refractivity contribution < 1.29 is 66.6 Å². The number of nitrogens with zero attached hydrogens (tertiary/aromatic N) is 3. The Morgan fingerprint density at radius 2 is 1.38 bits per heavy atom. The highest BCUT2D eigenvalue weighted by Crippen LogP contribution is 2.66. The minimum Gasteiger partial charge on any atom is -0.777 e. The largest absolute Gasteiger partial charge is 0.777 e. The Hall–Kier alpha value is -1.31. The lowest BCUT2D eigenvalue weighted by Gasteiger charge is -2.37. The van der Waals surface area contributed by atoms with Gasteiger partial charge in [0.1, 0.15) is 12.3 Å². The predicted molar refractivity (Wildman–Crippen MR) is 197 cm³/mol. The van der Waals surface area contributed by atoms with E-state index >= 15 is 0 Å². The number of fused-ring (bicyclic) bond motifs is 1. The van der Waals surface area contributed by atoms with Gasteiger partial charge in [-0.3, -0.25) is 23.2 Å². The van der Waals surface area contributed by atoms with Gasteiger partial charge in [0, 0.05) is 6.42 Å². The van der Waals surface area contributed by atoms with Crippen LogP contribution in [-0.2, 0) is 27.3 Å². The number of nitrogens with two attached hydrogens (primary N) is 1. The molecule has 1 aliphatic rings. The summed E-state index contributed by atoms with van der Waals surface area (Å²) in [5, 5.41) is 10.1. The van der Waals surface area contributed by atoms with Gasteiger partial charge in [-0.1, -0.05) is 0 Å². The number of anilines is 1. The lowest BCUT2D eigenvalue weighted by molar-refractivity contribution is -0.894. The van der Waals surface area contributed by atoms with Crippen LogP contribution in [0.5, 0.6) is 0 Å². The number of imidazole rings is 1. The lowest BCUT2D eigenvalue weighted by atomic mass is 10.2. The van der Waals surface area contributed by atoms with Crippen molar-refractivity contribution >= 4 is 51.7 Å². The van der Waals surface area contributed by atoms with Crippen molar-refractivity contribution in [2.75, 3.05) is 71.2 Å². The number of rotatable bonds is 17. The van der Waals surface area contributed by atoms with Crippen molar-refractivity contribution in [3.8, 4) is 0 Å². The topological polar surface area (TPSA) is 291 Å². The van der Waals surface area contributed by atoms with Gasteiger partial charge in [-0.15, -0.1) is 11.6 Å². The summed E-state index contributed by atoms with van der Waals surface area (Å²) in [4.78, 5) is 66.7. The molecule has 1 fully saturated rings. The van der Waals surface area contributed by atoms with E-state index in [1.54, 1.807) is 14.7 Å². The van der Waals surface area contributed by atoms with Gasteiger partial charge in [-0.05, 0) is 62.3 Å². The van der Waals surface area contributed by atoms with Crippen LogP contribution in [0, 0.1) is 0 Å². The fraction of sp³-hybridized carbons (Fsp3) is 0.828. The third kappa shape index (κ3) is 18.0. The Morgan fingerprint density at radius 3 is 1.75 bits per heavy atom. The molecule has 2 aromatic rings. The molecule has 3 rings (SSSR count). The summed E-state index contributed by atoms with van der Waals surface area (Å²) in [6.07, 6.45) is -2.59. The van der Waals surface area contributed by atoms with Crippen LogP contribution in [0.3, 0.4) is 0 Å². The smallest absolute Gasteiger partial charge is 0.280 e. The normalized spacial score (nSPS) is 21.1. The first-order valence-corrected chi connectivity index (χ1v) is 23.0. The predicted octanol–water partition coefficient (Wildman–Crippen LogP) is -2.73. The summed E-state index contributed by atoms with van der Waals surface area (Å²) in [7, 11) is -17.3. The van der Waals surface area contributed by atoms with E-state index in [9.17, 15) is 38.3 Å². The average Bonchev–Trinajstić information content (AvgIpc) is 3.69. The lowest BCUT2D eigenvalue weighted by Crippen LogP contribution is -3.11. The van der Waals surface area contributed by atoms with E-state index in [1.807, 2.05) is 0 Å². The first-order valence-electron chi connectivity index (χ1n) is 17.9. The van der Waals surface area contributed by atoms with Gasteiger partial charge in [-0.25, -0.2) is 4.98 Å². The number of nitrogens with one attached hydrogen (secondary N) is 4. The summed E-state index contributed by atoms with van der Waals surface area (Å²) in [5.74, 6) is -0.211. The molecule has 0 aliphatic carbocycles. The number of quaternary nitrogens is 3. The number of aromatic nitrogens is 4. The van der Waals surface area contributed by atoms with Gasteiger partial charge in [-0.2, -0.15) is 4.98 Å². The molecule has 7 atom stereocenters. The number of phosphoric ester groups is 1. The number of aliphatic hydroxyl groups is 1. The van der Waals surface area contributed by atoms with E-state index in [0.717, 1.165) is 0 Å². The van der Waals surface area contributed by atoms with Gasteiger partial charge in [0.25, 0.3) is 13.4 Å². The number of hydrogen-bond donors (Lipinski definition) is 7. The first kappa shape index (κ1) is 51.7. The molecule has 0 saturated carbocycles. The maximum Gasteiger partial charge on any atom is 0.280 e. The Morgan fingerprint density at radius 1 is 0.943 bits per heavy atom. The zero-order valence-corrected chi connectivity index (χ0v) is 35.7. The number of ether oxygens (including phenoxy) is 1. The molecule has 0 bridgehead atoms. The van der Waals surface area contributed by atoms with Crippen LogP contribution in [0.25, 0.3) is 11.2 Å². The monoisotopic (exact) mass is 842 g/mol. The number of alkyl halides is 1. The van der Waals surface area contributed by atoms with Gasteiger partial charge < -0.3 is 63.5 Å². The first-order chi connectivity index (χ1) is 24.6. The second-order valence-electron chi connectivity index (χ2n) is 11.9. The van der Waals surface area contributed by atoms with E-state index in [1.165, 1.54) is 69.8 Å². The quantitative estimate of drug-likeness (QED) is 0.0629. The van der Waals surface area contributed by atoms with Crippen LogP contribution in [0.1, 0.15) is 75.0 Å². The average molecular weight is 843 g/mol. The molecule has 53 heavy (non-hydrogen) atoms. The zero-order valence-electron chi connectivity index (χ0n) is 32.3. The molecule has 3 heterocycles. The number of nitrogen functional groups attached to an aromatic ring is 1. The second kappa shape index (κ2) is 25.0. The van der Waals surface area contributed by atoms with Gasteiger partial charge in [0.15, 0.2) is 31.2 Å². The molecule has 0 spiro atoms. The molecule has 0 amide bonds. The number of aliphatic hydroxyl groups excluding tert-OH is 1. The SMILES string of the molecule is CC[NH+](CC)CC.CC[NH+](CC)CC.CC[NH+](CC)CC.Nc1nc2c(ncn2[C@H]2C[C@H](O)[C@@H](COP(=O)([O-])OP(=O)([O-])C(Cl)P(=O)([O-])O)O2)c(=O)[nH]1. The Labute approximate surface area is 317 Å². The fourth-order valence-electron chi connectivity index (χ4n) is 4.99. The van der Waals surface area contributed by atoms with E-state index < -0.39 is 58.5 Å². The summed E-state index contributed by atoms with van der Waals surface area (Å²) in [6, 6.07) is 0. The number of halogens is 1. The van der Waals surface area contributed by atoms with E-state index in [0.29, 0.717) is 0 Å². The van der Waals surface area contributed by atoms with Crippen molar-refractivity contribution in [1.82, 2.24) is 19.5 Å². The molecule has 20 nitrogen and oxygen atoms in total. The molecular formula is C29H62ClN8O12P3. The van der Waals surface area contributed by atoms with Crippen molar-refractivity contribution in [2.45, 2.75) is 92.0 Å². The molecular weight excluding hydrogens is 781 g/mol. The molecule has 1 aliphatic heterocycles. The standard InChI is InChI=1S/C11H17ClN5O12P3.3C6H15N/c12-10(30(20,21)22)31(23,24)29-32(25,26)27-2-5-4(18)1-6(28-5)17-3-14-7-8(17)15-11(13)16-9(7)19;3*1-4-7(5-2)6-3/h3-6,10,18H,1-2H2,(H,23,24)(H,25,26)(H2,20,21,22)(H3,13,15,16,19);3*4-6H2,1-3H3/t4-,5+,6+,10?;;;/m0.../s1. The Kier molecular flexibility index (Phi) is 24.4. The summed E-state index contributed by atoms with van der Waals surface area (Å²) >= 11 is 5.00. The number of aromatic amines is 1. The molecule has 1 saturated heterocycles.